The minimum absolute atomic E-state index is 0.336. The van der Waals surface area contributed by atoms with Crippen LogP contribution in [0.5, 0.6) is 0 Å². The molecule has 1 unspecified atom stereocenters. The third-order valence-electron chi connectivity index (χ3n) is 3.19. The number of hydrogen-bond acceptors (Lipinski definition) is 2. The molecule has 17 heavy (non-hydrogen) atoms. The van der Waals surface area contributed by atoms with Crippen LogP contribution in [-0.4, -0.2) is 17.1 Å². The number of aromatic carboxylic acids is 1. The third kappa shape index (κ3) is 3.22. The topological polar surface area (TPSA) is 49.3 Å². The second-order valence-corrected chi connectivity index (χ2v) is 5.08. The van der Waals surface area contributed by atoms with Gasteiger partial charge in [0, 0.05) is 11.7 Å². The van der Waals surface area contributed by atoms with Gasteiger partial charge in [-0.05, 0) is 38.3 Å². The Balaban J connectivity index is 2.10. The quantitative estimate of drug-likeness (QED) is 0.820. The van der Waals surface area contributed by atoms with Gasteiger partial charge in [0.15, 0.2) is 0 Å². The fourth-order valence-corrected chi connectivity index (χ4v) is 2.14. The predicted octanol–water partition coefficient (Wildman–Crippen LogP) is 3.29. The highest BCUT2D eigenvalue weighted by Gasteiger charge is 2.24. The van der Waals surface area contributed by atoms with Gasteiger partial charge in [0.2, 0.25) is 0 Å². The number of hydrogen-bond donors (Lipinski definition) is 2. The maximum absolute atomic E-state index is 11.2. The van der Waals surface area contributed by atoms with Crippen molar-refractivity contribution in [3.8, 4) is 0 Å². The van der Waals surface area contributed by atoms with Crippen LogP contribution in [0.1, 0.15) is 42.1 Å². The summed E-state index contributed by atoms with van der Waals surface area (Å²) in [6.07, 6.45) is 3.78. The first-order chi connectivity index (χ1) is 8.06. The van der Waals surface area contributed by atoms with Gasteiger partial charge in [-0.25, -0.2) is 4.79 Å². The van der Waals surface area contributed by atoms with Crippen molar-refractivity contribution in [2.24, 2.45) is 5.92 Å². The van der Waals surface area contributed by atoms with Crippen molar-refractivity contribution in [3.63, 3.8) is 0 Å². The Morgan fingerprint density at radius 3 is 2.82 bits per heavy atom. The molecular weight excluding hydrogens is 214 g/mol. The van der Waals surface area contributed by atoms with E-state index in [0.717, 1.165) is 23.6 Å². The van der Waals surface area contributed by atoms with Gasteiger partial charge in [0.25, 0.3) is 0 Å². The Morgan fingerprint density at radius 2 is 2.24 bits per heavy atom. The molecule has 1 aliphatic rings. The SMILES string of the molecule is Cc1ccc(NC(C)CC2CC2)c(C(=O)O)c1. The third-order valence-corrected chi connectivity index (χ3v) is 3.19. The fourth-order valence-electron chi connectivity index (χ4n) is 2.14. The average molecular weight is 233 g/mol. The van der Waals surface area contributed by atoms with Crippen LogP contribution in [0.4, 0.5) is 5.69 Å². The number of carboxylic acids is 1. The van der Waals surface area contributed by atoms with Gasteiger partial charge in [0.1, 0.15) is 0 Å². The van der Waals surface area contributed by atoms with Gasteiger partial charge in [-0.3, -0.25) is 0 Å². The van der Waals surface area contributed by atoms with Gasteiger partial charge in [-0.1, -0.05) is 24.5 Å². The summed E-state index contributed by atoms with van der Waals surface area (Å²) in [5.74, 6) is -0.0222. The van der Waals surface area contributed by atoms with Gasteiger partial charge in [-0.15, -0.1) is 0 Å². The van der Waals surface area contributed by atoms with Crippen molar-refractivity contribution < 1.29 is 9.90 Å². The number of anilines is 1. The highest BCUT2D eigenvalue weighted by atomic mass is 16.4. The zero-order valence-electron chi connectivity index (χ0n) is 10.4. The summed E-state index contributed by atoms with van der Waals surface area (Å²) in [6, 6.07) is 5.86. The van der Waals surface area contributed by atoms with E-state index in [1.165, 1.54) is 12.8 Å². The first kappa shape index (κ1) is 12.0. The molecule has 0 spiro atoms. The van der Waals surface area contributed by atoms with Crippen molar-refractivity contribution in [1.29, 1.82) is 0 Å². The Bertz CT molecular complexity index is 424. The number of carboxylic acid groups (broad SMARTS) is 1. The van der Waals surface area contributed by atoms with Gasteiger partial charge in [-0.2, -0.15) is 0 Å². The number of benzene rings is 1. The van der Waals surface area contributed by atoms with Crippen LogP contribution >= 0.6 is 0 Å². The number of aryl methyl sites for hydroxylation is 1. The summed E-state index contributed by atoms with van der Waals surface area (Å²) < 4.78 is 0. The zero-order chi connectivity index (χ0) is 12.4. The summed E-state index contributed by atoms with van der Waals surface area (Å²) in [6.45, 7) is 4.02. The fraction of sp³-hybridized carbons (Fsp3) is 0.500. The van der Waals surface area contributed by atoms with E-state index in [1.54, 1.807) is 6.07 Å². The van der Waals surface area contributed by atoms with Gasteiger partial charge < -0.3 is 10.4 Å². The van der Waals surface area contributed by atoms with E-state index in [2.05, 4.69) is 12.2 Å². The molecule has 3 heteroatoms. The Hall–Kier alpha value is -1.51. The summed E-state index contributed by atoms with van der Waals surface area (Å²) in [7, 11) is 0. The van der Waals surface area contributed by atoms with Gasteiger partial charge >= 0.3 is 5.97 Å². The molecule has 0 amide bonds. The van der Waals surface area contributed by atoms with Crippen molar-refractivity contribution in [2.75, 3.05) is 5.32 Å². The van der Waals surface area contributed by atoms with Crippen molar-refractivity contribution >= 4 is 11.7 Å². The Morgan fingerprint density at radius 1 is 1.53 bits per heavy atom. The molecule has 1 aromatic carbocycles. The van der Waals surface area contributed by atoms with E-state index in [-0.39, 0.29) is 0 Å². The van der Waals surface area contributed by atoms with Crippen LogP contribution in [0, 0.1) is 12.8 Å². The largest absolute Gasteiger partial charge is 0.478 e. The molecule has 1 aromatic rings. The summed E-state index contributed by atoms with van der Waals surface area (Å²) in [5.41, 5.74) is 2.08. The molecule has 1 saturated carbocycles. The number of nitrogens with one attached hydrogen (secondary N) is 1. The van der Waals surface area contributed by atoms with Crippen LogP contribution in [-0.2, 0) is 0 Å². The lowest BCUT2D eigenvalue weighted by atomic mass is 10.1. The summed E-state index contributed by atoms with van der Waals surface area (Å²) in [5, 5.41) is 12.5. The van der Waals surface area contributed by atoms with Crippen LogP contribution in [0.3, 0.4) is 0 Å². The molecule has 3 nitrogen and oxygen atoms in total. The molecule has 0 bridgehead atoms. The molecule has 0 heterocycles. The molecule has 1 aliphatic carbocycles. The molecule has 2 rings (SSSR count). The first-order valence-electron chi connectivity index (χ1n) is 6.16. The van der Waals surface area contributed by atoms with E-state index in [4.69, 9.17) is 5.11 Å². The second-order valence-electron chi connectivity index (χ2n) is 5.08. The van der Waals surface area contributed by atoms with E-state index in [1.807, 2.05) is 19.1 Å². The van der Waals surface area contributed by atoms with Crippen LogP contribution in [0.15, 0.2) is 18.2 Å². The highest BCUT2D eigenvalue weighted by Crippen LogP contribution is 2.34. The predicted molar refractivity (Wildman–Crippen MR) is 68.6 cm³/mol. The molecular formula is C14H19NO2. The average Bonchev–Trinajstić information content (AvgIpc) is 3.04. The van der Waals surface area contributed by atoms with Crippen molar-refractivity contribution in [2.45, 2.75) is 39.2 Å². The van der Waals surface area contributed by atoms with E-state index in [9.17, 15) is 4.79 Å². The van der Waals surface area contributed by atoms with Gasteiger partial charge in [0.05, 0.1) is 5.56 Å². The summed E-state index contributed by atoms with van der Waals surface area (Å²) in [4.78, 5) is 11.2. The van der Waals surface area contributed by atoms with Crippen molar-refractivity contribution in [3.05, 3.63) is 29.3 Å². The zero-order valence-corrected chi connectivity index (χ0v) is 10.4. The molecule has 1 fully saturated rings. The Kier molecular flexibility index (Phi) is 3.36. The Labute approximate surface area is 102 Å². The second kappa shape index (κ2) is 4.78. The maximum Gasteiger partial charge on any atom is 0.337 e. The summed E-state index contributed by atoms with van der Waals surface area (Å²) >= 11 is 0. The van der Waals surface area contributed by atoms with E-state index in [0.29, 0.717) is 11.6 Å². The van der Waals surface area contributed by atoms with Crippen molar-refractivity contribution in [1.82, 2.24) is 0 Å². The van der Waals surface area contributed by atoms with Crippen LogP contribution < -0.4 is 5.32 Å². The molecule has 1 atom stereocenters. The molecule has 0 aromatic heterocycles. The maximum atomic E-state index is 11.2. The normalized spacial score (nSPS) is 16.6. The number of carbonyl (C=O) groups is 1. The first-order valence-corrected chi connectivity index (χ1v) is 6.16. The van der Waals surface area contributed by atoms with E-state index >= 15 is 0 Å². The molecule has 92 valence electrons. The smallest absolute Gasteiger partial charge is 0.337 e. The van der Waals surface area contributed by atoms with E-state index < -0.39 is 5.97 Å². The minimum atomic E-state index is -0.866. The molecule has 0 radical (unpaired) electrons. The number of rotatable bonds is 5. The van der Waals surface area contributed by atoms with Crippen LogP contribution in [0.2, 0.25) is 0 Å². The lowest BCUT2D eigenvalue weighted by Gasteiger charge is -2.17. The molecule has 0 aliphatic heterocycles. The molecule has 2 N–H and O–H groups in total. The standard InChI is InChI=1S/C14H19NO2/c1-9-3-6-13(12(7-9)14(16)17)15-10(2)8-11-4-5-11/h3,6-7,10-11,15H,4-5,8H2,1-2H3,(H,16,17). The van der Waals surface area contributed by atoms with Crippen LogP contribution in [0.25, 0.3) is 0 Å². The highest BCUT2D eigenvalue weighted by molar-refractivity contribution is 5.94. The monoisotopic (exact) mass is 233 g/mol. The minimum Gasteiger partial charge on any atom is -0.478 e. The lowest BCUT2D eigenvalue weighted by molar-refractivity contribution is 0.0698. The lowest BCUT2D eigenvalue weighted by Crippen LogP contribution is -2.18. The molecule has 0 saturated heterocycles.